The number of thiophene rings is 1. The molecule has 2 heterocycles. The van der Waals surface area contributed by atoms with Crippen LogP contribution in [-0.4, -0.2) is 49.1 Å². The molecule has 6 nitrogen and oxygen atoms in total. The molecule has 0 spiro atoms. The van der Waals surface area contributed by atoms with Gasteiger partial charge in [-0.2, -0.15) is 0 Å². The third kappa shape index (κ3) is 5.26. The van der Waals surface area contributed by atoms with E-state index < -0.39 is 6.10 Å². The molecule has 1 aliphatic heterocycles. The van der Waals surface area contributed by atoms with Gasteiger partial charge < -0.3 is 19.7 Å². The maximum absolute atomic E-state index is 13.5. The van der Waals surface area contributed by atoms with Gasteiger partial charge in [0.1, 0.15) is 10.8 Å². The summed E-state index contributed by atoms with van der Waals surface area (Å²) in [6.07, 6.45) is -0.721. The van der Waals surface area contributed by atoms with Crippen molar-refractivity contribution in [1.82, 2.24) is 4.90 Å². The van der Waals surface area contributed by atoms with Crippen LogP contribution in [0.2, 0.25) is 0 Å². The number of hydrogen-bond acceptors (Lipinski definition) is 5. The maximum Gasteiger partial charge on any atom is 0.265 e. The van der Waals surface area contributed by atoms with Crippen LogP contribution < -0.4 is 10.1 Å². The molecule has 1 N–H and O–H groups in total. The minimum atomic E-state index is -0.721. The van der Waals surface area contributed by atoms with Crippen molar-refractivity contribution in [3.63, 3.8) is 0 Å². The molecule has 1 saturated heterocycles. The van der Waals surface area contributed by atoms with Crippen LogP contribution in [-0.2, 0) is 9.53 Å². The Balaban J connectivity index is 1.61. The van der Waals surface area contributed by atoms with Crippen LogP contribution in [0.4, 0.5) is 5.00 Å². The number of aryl methyl sites for hydroxylation is 1. The molecule has 2 amide bonds. The second-order valence-corrected chi connectivity index (χ2v) is 9.11. The number of nitrogens with zero attached hydrogens (tertiary/aromatic N) is 1. The lowest BCUT2D eigenvalue weighted by atomic mass is 10.1. The molecule has 4 rings (SSSR count). The highest BCUT2D eigenvalue weighted by molar-refractivity contribution is 7.20. The Morgan fingerprint density at radius 2 is 1.70 bits per heavy atom. The second kappa shape index (κ2) is 10.2. The van der Waals surface area contributed by atoms with E-state index in [9.17, 15) is 9.59 Å². The molecule has 7 heteroatoms. The second-order valence-electron chi connectivity index (χ2n) is 8.09. The maximum atomic E-state index is 13.5. The summed E-state index contributed by atoms with van der Waals surface area (Å²) in [7, 11) is 0. The molecule has 3 aromatic rings. The van der Waals surface area contributed by atoms with E-state index in [1.807, 2.05) is 68.4 Å². The summed E-state index contributed by atoms with van der Waals surface area (Å²) in [5.41, 5.74) is 3.54. The zero-order valence-electron chi connectivity index (χ0n) is 19.1. The van der Waals surface area contributed by atoms with Crippen molar-refractivity contribution in [2.75, 3.05) is 31.6 Å². The largest absolute Gasteiger partial charge is 0.481 e. The molecule has 1 atom stereocenters. The van der Waals surface area contributed by atoms with Gasteiger partial charge in [0.2, 0.25) is 0 Å². The first-order valence-electron chi connectivity index (χ1n) is 11.0. The standard InChI is InChI=1S/C26H28N2O4S/c1-17-9-11-21(12-10-17)32-19(3)24(29)27-25-22(26(30)28-13-15-31-16-14-28)18(2)23(33-25)20-7-5-4-6-8-20/h4-12,19H,13-16H2,1-3H3,(H,27,29). The van der Waals surface area contributed by atoms with E-state index in [0.717, 1.165) is 21.6 Å². The first kappa shape index (κ1) is 23.0. The monoisotopic (exact) mass is 464 g/mol. The van der Waals surface area contributed by atoms with E-state index in [1.54, 1.807) is 11.8 Å². The molecule has 1 aliphatic rings. The third-order valence-electron chi connectivity index (χ3n) is 5.63. The van der Waals surface area contributed by atoms with E-state index >= 15 is 0 Å². The third-order valence-corrected chi connectivity index (χ3v) is 6.89. The van der Waals surface area contributed by atoms with Gasteiger partial charge in [-0.25, -0.2) is 0 Å². The molecule has 1 unspecified atom stereocenters. The lowest BCUT2D eigenvalue weighted by Gasteiger charge is -2.27. The fraction of sp³-hybridized carbons (Fsp3) is 0.308. The van der Waals surface area contributed by atoms with Crippen molar-refractivity contribution in [3.8, 4) is 16.2 Å². The Morgan fingerprint density at radius 3 is 2.36 bits per heavy atom. The first-order chi connectivity index (χ1) is 15.9. The number of benzene rings is 2. The number of anilines is 1. The number of morpholine rings is 1. The summed E-state index contributed by atoms with van der Waals surface area (Å²) in [5.74, 6) is 0.240. The lowest BCUT2D eigenvalue weighted by molar-refractivity contribution is -0.122. The zero-order valence-corrected chi connectivity index (χ0v) is 19.9. The Morgan fingerprint density at radius 1 is 1.03 bits per heavy atom. The van der Waals surface area contributed by atoms with Crippen LogP contribution in [0.25, 0.3) is 10.4 Å². The summed E-state index contributed by atoms with van der Waals surface area (Å²) < 4.78 is 11.2. The van der Waals surface area contributed by atoms with Crippen LogP contribution in [0.15, 0.2) is 54.6 Å². The van der Waals surface area contributed by atoms with Crippen molar-refractivity contribution in [2.45, 2.75) is 26.9 Å². The fourth-order valence-corrected chi connectivity index (χ4v) is 4.94. The first-order valence-corrected chi connectivity index (χ1v) is 11.9. The predicted octanol–water partition coefficient (Wildman–Crippen LogP) is 4.91. The van der Waals surface area contributed by atoms with Gasteiger partial charge in [0.25, 0.3) is 11.8 Å². The summed E-state index contributed by atoms with van der Waals surface area (Å²) in [6.45, 7) is 7.75. The van der Waals surface area contributed by atoms with Gasteiger partial charge in [-0.1, -0.05) is 48.0 Å². The fourth-order valence-electron chi connectivity index (χ4n) is 3.74. The molecule has 1 aromatic heterocycles. The highest BCUT2D eigenvalue weighted by Crippen LogP contribution is 2.40. The summed E-state index contributed by atoms with van der Waals surface area (Å²) >= 11 is 1.42. The van der Waals surface area contributed by atoms with Gasteiger partial charge in [0.05, 0.1) is 18.8 Å². The van der Waals surface area contributed by atoms with Crippen molar-refractivity contribution >= 4 is 28.2 Å². The van der Waals surface area contributed by atoms with Crippen LogP contribution in [0.5, 0.6) is 5.75 Å². The van der Waals surface area contributed by atoms with Crippen LogP contribution in [0.1, 0.15) is 28.4 Å². The topological polar surface area (TPSA) is 67.9 Å². The Kier molecular flexibility index (Phi) is 7.11. The Hall–Kier alpha value is -3.16. The number of ether oxygens (including phenoxy) is 2. The molecular weight excluding hydrogens is 436 g/mol. The quantitative estimate of drug-likeness (QED) is 0.563. The number of carbonyl (C=O) groups excluding carboxylic acids is 2. The molecular formula is C26H28N2O4S. The van der Waals surface area contributed by atoms with Crippen LogP contribution in [0.3, 0.4) is 0 Å². The zero-order chi connectivity index (χ0) is 23.4. The van der Waals surface area contributed by atoms with Gasteiger partial charge in [0, 0.05) is 18.0 Å². The molecule has 2 aromatic carbocycles. The molecule has 0 aliphatic carbocycles. The Bertz CT molecular complexity index is 1120. The average Bonchev–Trinajstić information content (AvgIpc) is 3.16. The molecule has 1 fully saturated rings. The molecule has 0 saturated carbocycles. The van der Waals surface area contributed by atoms with Gasteiger partial charge >= 0.3 is 0 Å². The van der Waals surface area contributed by atoms with E-state index in [0.29, 0.717) is 42.6 Å². The highest BCUT2D eigenvalue weighted by atomic mass is 32.1. The van der Waals surface area contributed by atoms with Gasteiger partial charge in [-0.15, -0.1) is 11.3 Å². The number of rotatable bonds is 6. The lowest BCUT2D eigenvalue weighted by Crippen LogP contribution is -2.41. The van der Waals surface area contributed by atoms with E-state index in [1.165, 1.54) is 11.3 Å². The van der Waals surface area contributed by atoms with Gasteiger partial charge in [0.15, 0.2) is 6.10 Å². The van der Waals surface area contributed by atoms with E-state index in [4.69, 9.17) is 9.47 Å². The summed E-state index contributed by atoms with van der Waals surface area (Å²) in [6, 6.07) is 17.5. The molecule has 0 bridgehead atoms. The van der Waals surface area contributed by atoms with Crippen molar-refractivity contribution in [3.05, 3.63) is 71.3 Å². The average molecular weight is 465 g/mol. The van der Waals surface area contributed by atoms with Gasteiger partial charge in [-0.05, 0) is 44.0 Å². The van der Waals surface area contributed by atoms with Crippen LogP contribution >= 0.6 is 11.3 Å². The number of amides is 2. The summed E-state index contributed by atoms with van der Waals surface area (Å²) in [4.78, 5) is 29.2. The van der Waals surface area contributed by atoms with Gasteiger partial charge in [-0.3, -0.25) is 9.59 Å². The molecule has 33 heavy (non-hydrogen) atoms. The van der Waals surface area contributed by atoms with Crippen molar-refractivity contribution in [2.24, 2.45) is 0 Å². The minimum absolute atomic E-state index is 0.0864. The smallest absolute Gasteiger partial charge is 0.265 e. The predicted molar refractivity (Wildman–Crippen MR) is 131 cm³/mol. The number of nitrogens with one attached hydrogen (secondary N) is 1. The Labute approximate surface area is 198 Å². The van der Waals surface area contributed by atoms with Crippen LogP contribution in [0, 0.1) is 13.8 Å². The highest BCUT2D eigenvalue weighted by Gasteiger charge is 2.29. The normalized spacial score (nSPS) is 14.6. The van der Waals surface area contributed by atoms with Crippen molar-refractivity contribution in [1.29, 1.82) is 0 Å². The number of carbonyl (C=O) groups is 2. The van der Waals surface area contributed by atoms with Crippen molar-refractivity contribution < 1.29 is 19.1 Å². The van der Waals surface area contributed by atoms with E-state index in [2.05, 4.69) is 5.32 Å². The minimum Gasteiger partial charge on any atom is -0.481 e. The molecule has 172 valence electrons. The summed E-state index contributed by atoms with van der Waals surface area (Å²) in [5, 5.41) is 3.52. The molecule has 0 radical (unpaired) electrons. The SMILES string of the molecule is Cc1ccc(OC(C)C(=O)Nc2sc(-c3ccccc3)c(C)c2C(=O)N2CCOCC2)cc1. The number of hydrogen-bond donors (Lipinski definition) is 1. The van der Waals surface area contributed by atoms with E-state index in [-0.39, 0.29) is 11.8 Å².